The number of rotatable bonds is 13. The molecule has 11 heteroatoms. The van der Waals surface area contributed by atoms with Crippen LogP contribution in [0.15, 0.2) is 42.5 Å². The zero-order chi connectivity index (χ0) is 37.2. The van der Waals surface area contributed by atoms with Gasteiger partial charge in [0.05, 0.1) is 30.1 Å². The minimum absolute atomic E-state index is 0.187. The number of hydrogen-bond acceptors (Lipinski definition) is 7. The number of ether oxygens (including phenoxy) is 2. The number of hydrogen-bond donors (Lipinski definition) is 1. The quantitative estimate of drug-likeness (QED) is 0.197. The number of benzene rings is 2. The maximum absolute atomic E-state index is 14.9. The van der Waals surface area contributed by atoms with E-state index in [0.717, 1.165) is 112 Å². The third kappa shape index (κ3) is 6.28. The van der Waals surface area contributed by atoms with Crippen molar-refractivity contribution in [2.45, 2.75) is 96.3 Å². The molecule has 10 nitrogen and oxygen atoms in total. The standard InChI is InChI=1S/C42H56N4O6S/c1-5-52-22-21-44-25-41-19-20-42(41,26-44)28-45(27-41)39(48)40(17-18-40)24-46-35-23-32(38(47)43-53(49,50)29(2)3)13-16-34(35)36(30-9-7-6-8-10-30)37(46)31-11-14-33(51-4)15-12-31/h11-16,23,29-30H,5-10,17-22,24-28H2,1-4H3,(H,43,47). The normalized spacial score (nSPS) is 25.3. The molecule has 0 spiro atoms. The first kappa shape index (κ1) is 36.6. The van der Waals surface area contributed by atoms with Crippen molar-refractivity contribution in [2.75, 3.05) is 53.0 Å². The average Bonchev–Trinajstić information content (AvgIpc) is 3.77. The lowest BCUT2D eigenvalue weighted by molar-refractivity contribution is -0.137. The maximum Gasteiger partial charge on any atom is 0.264 e. The van der Waals surface area contributed by atoms with Crippen molar-refractivity contribution >= 4 is 32.7 Å². The largest absolute Gasteiger partial charge is 0.497 e. The summed E-state index contributed by atoms with van der Waals surface area (Å²) >= 11 is 0. The lowest BCUT2D eigenvalue weighted by Crippen LogP contribution is -2.49. The first-order valence-corrected chi connectivity index (χ1v) is 21.4. The molecule has 2 saturated heterocycles. The SMILES string of the molecule is CCOCCN1CC23CCC2(C1)CN(C(=O)C1(Cn2c(-c4ccc(OC)cc4)c(C4CCCCC4)c4ccc(C(=O)NS(=O)(=O)C(C)C)cc42)CC1)C3. The first-order chi connectivity index (χ1) is 25.4. The molecule has 1 N–H and O–H groups in total. The zero-order valence-electron chi connectivity index (χ0n) is 31.9. The molecule has 3 aliphatic carbocycles. The van der Waals surface area contributed by atoms with E-state index in [1.54, 1.807) is 27.0 Å². The fourth-order valence-electron chi connectivity index (χ4n) is 10.3. The first-order valence-electron chi connectivity index (χ1n) is 19.9. The van der Waals surface area contributed by atoms with Gasteiger partial charge in [-0.25, -0.2) is 13.1 Å². The summed E-state index contributed by atoms with van der Waals surface area (Å²) in [5.74, 6) is 0.754. The highest BCUT2D eigenvalue weighted by Crippen LogP contribution is 2.66. The molecule has 5 fully saturated rings. The van der Waals surface area contributed by atoms with Crippen LogP contribution in [0.2, 0.25) is 0 Å². The maximum atomic E-state index is 14.9. The summed E-state index contributed by atoms with van der Waals surface area (Å²) in [6.07, 6.45) is 9.74. The van der Waals surface area contributed by atoms with Gasteiger partial charge in [-0.05, 0) is 113 Å². The number of nitrogens with zero attached hydrogens (tertiary/aromatic N) is 3. The van der Waals surface area contributed by atoms with Gasteiger partial charge in [0.25, 0.3) is 5.91 Å². The summed E-state index contributed by atoms with van der Waals surface area (Å²) in [4.78, 5) is 33.2. The highest BCUT2D eigenvalue weighted by molar-refractivity contribution is 7.90. The Labute approximate surface area is 314 Å². The number of amides is 2. The Morgan fingerprint density at radius 1 is 0.925 bits per heavy atom. The van der Waals surface area contributed by atoms with Crippen LogP contribution in [-0.4, -0.2) is 92.9 Å². The molecular weight excluding hydrogens is 689 g/mol. The van der Waals surface area contributed by atoms with E-state index in [4.69, 9.17) is 9.47 Å². The van der Waals surface area contributed by atoms with Gasteiger partial charge in [0.1, 0.15) is 5.75 Å². The second-order valence-electron chi connectivity index (χ2n) is 17.1. The molecule has 2 amide bonds. The number of fused-ring (bicyclic) bond motifs is 1. The van der Waals surface area contributed by atoms with E-state index in [-0.39, 0.29) is 16.7 Å². The summed E-state index contributed by atoms with van der Waals surface area (Å²) in [6.45, 7) is 11.9. The summed E-state index contributed by atoms with van der Waals surface area (Å²) in [7, 11) is -2.15. The van der Waals surface area contributed by atoms with E-state index in [0.29, 0.717) is 18.0 Å². The number of methoxy groups -OCH3 is 1. The van der Waals surface area contributed by atoms with E-state index < -0.39 is 26.6 Å². The molecule has 2 unspecified atom stereocenters. The Balaban J connectivity index is 1.18. The van der Waals surface area contributed by atoms with Crippen LogP contribution in [0.3, 0.4) is 0 Å². The smallest absolute Gasteiger partial charge is 0.264 e. The molecule has 0 radical (unpaired) electrons. The second kappa shape index (κ2) is 13.7. The van der Waals surface area contributed by atoms with Crippen molar-refractivity contribution in [3.8, 4) is 17.0 Å². The topological polar surface area (TPSA) is 110 Å². The van der Waals surface area contributed by atoms with Crippen LogP contribution >= 0.6 is 0 Å². The Hall–Kier alpha value is -3.41. The summed E-state index contributed by atoms with van der Waals surface area (Å²) in [5, 5.41) is 0.338. The molecule has 3 aromatic rings. The lowest BCUT2D eigenvalue weighted by Gasteiger charge is -2.48. The predicted molar refractivity (Wildman–Crippen MR) is 207 cm³/mol. The Bertz CT molecular complexity index is 1970. The molecular formula is C42H56N4O6S. The number of aromatic nitrogens is 1. The van der Waals surface area contributed by atoms with Gasteiger partial charge < -0.3 is 18.9 Å². The van der Waals surface area contributed by atoms with Gasteiger partial charge in [-0.3, -0.25) is 14.5 Å². The molecule has 3 heterocycles. The summed E-state index contributed by atoms with van der Waals surface area (Å²) < 4.78 is 41.3. The zero-order valence-corrected chi connectivity index (χ0v) is 32.7. The van der Waals surface area contributed by atoms with Crippen molar-refractivity contribution in [3.05, 3.63) is 53.6 Å². The van der Waals surface area contributed by atoms with E-state index in [1.165, 1.54) is 24.8 Å². The lowest BCUT2D eigenvalue weighted by atomic mass is 9.53. The van der Waals surface area contributed by atoms with Crippen molar-refractivity contribution < 1.29 is 27.5 Å². The molecule has 3 saturated carbocycles. The van der Waals surface area contributed by atoms with Gasteiger partial charge in [-0.1, -0.05) is 25.3 Å². The number of likely N-dealkylation sites (tertiary alicyclic amines) is 2. The molecule has 8 rings (SSSR count). The van der Waals surface area contributed by atoms with Crippen LogP contribution < -0.4 is 9.46 Å². The summed E-state index contributed by atoms with van der Waals surface area (Å²) in [5.41, 5.74) is 4.46. The Kier molecular flexibility index (Phi) is 9.46. The van der Waals surface area contributed by atoms with Crippen molar-refractivity contribution in [1.29, 1.82) is 0 Å². The monoisotopic (exact) mass is 744 g/mol. The van der Waals surface area contributed by atoms with Gasteiger partial charge in [-0.2, -0.15) is 0 Å². The van der Waals surface area contributed by atoms with Gasteiger partial charge in [0.2, 0.25) is 15.9 Å². The Morgan fingerprint density at radius 3 is 2.19 bits per heavy atom. The van der Waals surface area contributed by atoms with Crippen molar-refractivity contribution in [2.24, 2.45) is 16.2 Å². The second-order valence-corrected chi connectivity index (χ2v) is 19.3. The third-order valence-electron chi connectivity index (χ3n) is 13.7. The van der Waals surface area contributed by atoms with E-state index in [2.05, 4.69) is 31.2 Å². The fourth-order valence-corrected chi connectivity index (χ4v) is 11.0. The highest BCUT2D eigenvalue weighted by atomic mass is 32.2. The molecule has 2 aliphatic heterocycles. The number of carbonyl (C=O) groups excluding carboxylic acids is 2. The van der Waals surface area contributed by atoms with Crippen LogP contribution in [0.1, 0.15) is 100 Å². The van der Waals surface area contributed by atoms with Crippen molar-refractivity contribution in [1.82, 2.24) is 19.1 Å². The highest BCUT2D eigenvalue weighted by Gasteiger charge is 2.70. The van der Waals surface area contributed by atoms with Gasteiger partial charge in [0.15, 0.2) is 0 Å². The van der Waals surface area contributed by atoms with E-state index in [9.17, 15) is 18.0 Å². The molecule has 0 bridgehead atoms. The molecule has 5 aliphatic rings. The summed E-state index contributed by atoms with van der Waals surface area (Å²) in [6, 6.07) is 13.8. The molecule has 1 aromatic heterocycles. The van der Waals surface area contributed by atoms with E-state index >= 15 is 0 Å². The molecule has 2 atom stereocenters. The average molecular weight is 745 g/mol. The van der Waals surface area contributed by atoms with Crippen LogP contribution in [0, 0.1) is 16.2 Å². The minimum atomic E-state index is -3.82. The molecule has 286 valence electrons. The molecule has 53 heavy (non-hydrogen) atoms. The minimum Gasteiger partial charge on any atom is -0.497 e. The fraction of sp³-hybridized carbons (Fsp3) is 0.619. The number of sulfonamides is 1. The van der Waals surface area contributed by atoms with Crippen LogP contribution in [0.5, 0.6) is 5.75 Å². The van der Waals surface area contributed by atoms with Gasteiger partial charge in [0, 0.05) is 73.2 Å². The Morgan fingerprint density at radius 2 is 1.60 bits per heavy atom. The van der Waals surface area contributed by atoms with Gasteiger partial charge >= 0.3 is 0 Å². The van der Waals surface area contributed by atoms with E-state index in [1.807, 2.05) is 31.2 Å². The van der Waals surface area contributed by atoms with Gasteiger partial charge in [-0.15, -0.1) is 0 Å². The number of nitrogens with one attached hydrogen (secondary N) is 1. The third-order valence-corrected chi connectivity index (χ3v) is 15.4. The van der Waals surface area contributed by atoms with Crippen LogP contribution in [0.4, 0.5) is 0 Å². The van der Waals surface area contributed by atoms with Crippen LogP contribution in [0.25, 0.3) is 22.2 Å². The predicted octanol–water partition coefficient (Wildman–Crippen LogP) is 6.57. The van der Waals surface area contributed by atoms with Crippen molar-refractivity contribution in [3.63, 3.8) is 0 Å². The molecule has 2 aromatic carbocycles. The number of carbonyl (C=O) groups is 2. The van der Waals surface area contributed by atoms with Crippen LogP contribution in [-0.2, 0) is 26.1 Å².